The summed E-state index contributed by atoms with van der Waals surface area (Å²) in [6, 6.07) is 15.6. The molecule has 0 saturated carbocycles. The zero-order valence-corrected chi connectivity index (χ0v) is 12.0. The Morgan fingerprint density at radius 3 is 2.50 bits per heavy atom. The molecule has 1 heterocycles. The smallest absolute Gasteiger partial charge is 0.148 e. The van der Waals surface area contributed by atoms with Gasteiger partial charge in [-0.3, -0.25) is 0 Å². The fraction of sp³-hybridized carbons (Fsp3) is 0.111. The average molecular weight is 291 g/mol. The second-order valence-electron chi connectivity index (χ2n) is 5.18. The molecule has 0 saturated heterocycles. The number of halogens is 1. The molecule has 0 fully saturated rings. The maximum absolute atomic E-state index is 13.6. The number of nitriles is 1. The fourth-order valence-electron chi connectivity index (χ4n) is 2.64. The summed E-state index contributed by atoms with van der Waals surface area (Å²) in [6.45, 7) is 1.81. The summed E-state index contributed by atoms with van der Waals surface area (Å²) in [5.74, 6) is -0.318. The molecule has 0 aliphatic heterocycles. The molecule has 2 N–H and O–H groups in total. The number of fused-ring (bicyclic) bond motifs is 1. The molecule has 22 heavy (non-hydrogen) atoms. The maximum atomic E-state index is 13.6. The zero-order chi connectivity index (χ0) is 15.7. The normalized spacial score (nSPS) is 12.1. The van der Waals surface area contributed by atoms with E-state index in [1.807, 2.05) is 30.3 Å². The van der Waals surface area contributed by atoms with Gasteiger partial charge in [0.15, 0.2) is 0 Å². The highest BCUT2D eigenvalue weighted by Crippen LogP contribution is 2.35. The minimum absolute atomic E-state index is 0.318. The van der Waals surface area contributed by atoms with Gasteiger partial charge in [-0.15, -0.1) is 0 Å². The van der Waals surface area contributed by atoms with E-state index in [9.17, 15) is 9.65 Å². The molecule has 0 radical (unpaired) electrons. The van der Waals surface area contributed by atoms with Crippen LogP contribution in [0.2, 0.25) is 0 Å². The molecule has 3 rings (SSSR count). The molecular weight excluding hydrogens is 277 g/mol. The molecule has 108 valence electrons. The molecular formula is C18H14FN3. The Kier molecular flexibility index (Phi) is 3.58. The van der Waals surface area contributed by atoms with Gasteiger partial charge in [-0.2, -0.15) is 5.26 Å². The lowest BCUT2D eigenvalue weighted by molar-refractivity contribution is 0.628. The molecule has 0 spiro atoms. The maximum Gasteiger partial charge on any atom is 0.148 e. The zero-order valence-electron chi connectivity index (χ0n) is 12.0. The van der Waals surface area contributed by atoms with Gasteiger partial charge in [0.2, 0.25) is 0 Å². The van der Waals surface area contributed by atoms with E-state index in [-0.39, 0.29) is 11.9 Å². The Bertz CT molecular complexity index is 894. The van der Waals surface area contributed by atoms with E-state index >= 15 is 0 Å². The number of rotatable bonds is 2. The van der Waals surface area contributed by atoms with E-state index in [0.29, 0.717) is 17.0 Å². The Labute approximate surface area is 127 Å². The van der Waals surface area contributed by atoms with Gasteiger partial charge in [0.05, 0.1) is 5.69 Å². The van der Waals surface area contributed by atoms with Gasteiger partial charge in [0.25, 0.3) is 0 Å². The lowest BCUT2D eigenvalue weighted by Gasteiger charge is -2.16. The summed E-state index contributed by atoms with van der Waals surface area (Å²) < 4.78 is 13.6. The highest BCUT2D eigenvalue weighted by molar-refractivity contribution is 5.99. The number of hydrogen-bond donors (Lipinski definition) is 1. The van der Waals surface area contributed by atoms with Crippen LogP contribution in [0.5, 0.6) is 0 Å². The Morgan fingerprint density at radius 1 is 1.14 bits per heavy atom. The summed E-state index contributed by atoms with van der Waals surface area (Å²) >= 11 is 0. The van der Waals surface area contributed by atoms with E-state index in [2.05, 4.69) is 11.1 Å². The highest BCUT2D eigenvalue weighted by atomic mass is 19.1. The molecule has 0 aliphatic rings. The Hall–Kier alpha value is -2.77. The topological polar surface area (TPSA) is 62.7 Å². The van der Waals surface area contributed by atoms with Crippen molar-refractivity contribution < 1.29 is 4.39 Å². The fourth-order valence-corrected chi connectivity index (χ4v) is 2.64. The van der Waals surface area contributed by atoms with Crippen LogP contribution in [0.4, 0.5) is 4.39 Å². The number of benzene rings is 2. The SMILES string of the molecule is CC(N)c1nc(C#N)c2ccccc2c1-c1cccc(F)c1. The van der Waals surface area contributed by atoms with E-state index in [1.54, 1.807) is 13.0 Å². The molecule has 0 amide bonds. The highest BCUT2D eigenvalue weighted by Gasteiger charge is 2.17. The minimum atomic E-state index is -0.366. The van der Waals surface area contributed by atoms with Gasteiger partial charge in [0.1, 0.15) is 17.6 Å². The van der Waals surface area contributed by atoms with Crippen molar-refractivity contribution in [1.29, 1.82) is 5.26 Å². The second kappa shape index (κ2) is 5.55. The standard InChI is InChI=1S/C18H14FN3/c1-11(21)18-17(12-5-4-6-13(19)9-12)15-8-3-2-7-14(15)16(10-20)22-18/h2-9,11H,21H2,1H3. The van der Waals surface area contributed by atoms with E-state index < -0.39 is 0 Å². The van der Waals surface area contributed by atoms with Gasteiger partial charge < -0.3 is 5.73 Å². The van der Waals surface area contributed by atoms with E-state index in [4.69, 9.17) is 5.73 Å². The van der Waals surface area contributed by atoms with Gasteiger partial charge in [0, 0.05) is 17.0 Å². The number of nitrogens with zero attached hydrogens (tertiary/aromatic N) is 2. The largest absolute Gasteiger partial charge is 0.323 e. The number of hydrogen-bond acceptors (Lipinski definition) is 3. The van der Waals surface area contributed by atoms with Crippen molar-refractivity contribution in [2.24, 2.45) is 5.73 Å². The predicted molar refractivity (Wildman–Crippen MR) is 84.5 cm³/mol. The van der Waals surface area contributed by atoms with Crippen molar-refractivity contribution in [3.05, 3.63) is 65.7 Å². The third kappa shape index (κ3) is 2.32. The molecule has 0 bridgehead atoms. The van der Waals surface area contributed by atoms with Crippen LogP contribution >= 0.6 is 0 Å². The second-order valence-corrected chi connectivity index (χ2v) is 5.18. The number of nitrogens with two attached hydrogens (primary N) is 1. The van der Waals surface area contributed by atoms with Crippen LogP contribution in [0.25, 0.3) is 21.9 Å². The van der Waals surface area contributed by atoms with Crippen molar-refractivity contribution in [1.82, 2.24) is 4.98 Å². The van der Waals surface area contributed by atoms with Crippen LogP contribution in [0.3, 0.4) is 0 Å². The van der Waals surface area contributed by atoms with Gasteiger partial charge >= 0.3 is 0 Å². The van der Waals surface area contributed by atoms with Crippen LogP contribution in [0.15, 0.2) is 48.5 Å². The first kappa shape index (κ1) is 14.2. The first-order valence-electron chi connectivity index (χ1n) is 6.96. The Balaban J connectivity index is 2.46. The Morgan fingerprint density at radius 2 is 1.86 bits per heavy atom. The minimum Gasteiger partial charge on any atom is -0.323 e. The molecule has 3 aromatic rings. The summed E-state index contributed by atoms with van der Waals surface area (Å²) in [5.41, 5.74) is 8.46. The van der Waals surface area contributed by atoms with E-state index in [1.165, 1.54) is 12.1 Å². The van der Waals surface area contributed by atoms with Crippen molar-refractivity contribution in [3.8, 4) is 17.2 Å². The third-order valence-electron chi connectivity index (χ3n) is 3.59. The lowest BCUT2D eigenvalue weighted by atomic mass is 9.93. The molecule has 4 heteroatoms. The number of pyridine rings is 1. The van der Waals surface area contributed by atoms with Crippen molar-refractivity contribution in [2.45, 2.75) is 13.0 Å². The third-order valence-corrected chi connectivity index (χ3v) is 3.59. The molecule has 1 unspecified atom stereocenters. The van der Waals surface area contributed by atoms with Crippen molar-refractivity contribution >= 4 is 10.8 Å². The first-order chi connectivity index (χ1) is 10.6. The van der Waals surface area contributed by atoms with Crippen LogP contribution < -0.4 is 5.73 Å². The van der Waals surface area contributed by atoms with Gasteiger partial charge in [-0.05, 0) is 30.0 Å². The summed E-state index contributed by atoms with van der Waals surface area (Å²) in [6.07, 6.45) is 0. The summed E-state index contributed by atoms with van der Waals surface area (Å²) in [7, 11) is 0. The molecule has 0 aliphatic carbocycles. The summed E-state index contributed by atoms with van der Waals surface area (Å²) in [4.78, 5) is 4.42. The van der Waals surface area contributed by atoms with Crippen molar-refractivity contribution in [3.63, 3.8) is 0 Å². The quantitative estimate of drug-likeness (QED) is 0.778. The first-order valence-corrected chi connectivity index (χ1v) is 6.96. The average Bonchev–Trinajstić information content (AvgIpc) is 2.53. The van der Waals surface area contributed by atoms with Crippen LogP contribution in [0.1, 0.15) is 24.4 Å². The van der Waals surface area contributed by atoms with Gasteiger partial charge in [-0.25, -0.2) is 9.37 Å². The van der Waals surface area contributed by atoms with Crippen molar-refractivity contribution in [2.75, 3.05) is 0 Å². The molecule has 1 atom stereocenters. The molecule has 2 aromatic carbocycles. The van der Waals surface area contributed by atoms with Crippen LogP contribution in [-0.2, 0) is 0 Å². The van der Waals surface area contributed by atoms with Gasteiger partial charge in [-0.1, -0.05) is 36.4 Å². The summed E-state index contributed by atoms with van der Waals surface area (Å²) in [5, 5.41) is 10.9. The monoisotopic (exact) mass is 291 g/mol. The van der Waals surface area contributed by atoms with Crippen LogP contribution in [0, 0.1) is 17.1 Å². The number of aromatic nitrogens is 1. The van der Waals surface area contributed by atoms with Crippen LogP contribution in [-0.4, -0.2) is 4.98 Å². The predicted octanol–water partition coefficient (Wildman–Crippen LogP) is 3.93. The molecule has 1 aromatic heterocycles. The van der Waals surface area contributed by atoms with E-state index in [0.717, 1.165) is 16.3 Å². The lowest BCUT2D eigenvalue weighted by Crippen LogP contribution is -2.11. The molecule has 3 nitrogen and oxygen atoms in total.